The largest absolute Gasteiger partial charge is 0.321 e. The molecule has 122 valence electrons. The third-order valence-corrected chi connectivity index (χ3v) is 4.40. The molecule has 1 heterocycles. The van der Waals surface area contributed by atoms with Crippen LogP contribution in [0.25, 0.3) is 0 Å². The first-order valence-electron chi connectivity index (χ1n) is 8.74. The molecule has 23 heavy (non-hydrogen) atoms. The average Bonchev–Trinajstić information content (AvgIpc) is 2.85. The molecular formula is C20H27N3. The van der Waals surface area contributed by atoms with Gasteiger partial charge in [-0.3, -0.25) is 4.90 Å². The maximum absolute atomic E-state index is 3.30. The minimum atomic E-state index is 0.822. The van der Waals surface area contributed by atoms with Gasteiger partial charge in [-0.15, -0.1) is 0 Å². The van der Waals surface area contributed by atoms with Gasteiger partial charge in [0, 0.05) is 18.8 Å². The van der Waals surface area contributed by atoms with Gasteiger partial charge in [-0.1, -0.05) is 55.3 Å². The van der Waals surface area contributed by atoms with Crippen LogP contribution in [0.5, 0.6) is 0 Å². The summed E-state index contributed by atoms with van der Waals surface area (Å²) in [6, 6.07) is 19.1. The smallest absolute Gasteiger partial charge is 0.0487 e. The van der Waals surface area contributed by atoms with Gasteiger partial charge in [-0.2, -0.15) is 0 Å². The summed E-state index contributed by atoms with van der Waals surface area (Å²) in [5.41, 5.74) is 10.4. The van der Waals surface area contributed by atoms with Crippen LogP contribution in [-0.2, 0) is 13.1 Å². The monoisotopic (exact) mass is 309 g/mol. The zero-order chi connectivity index (χ0) is 15.7. The summed E-state index contributed by atoms with van der Waals surface area (Å²) in [5, 5.41) is 0. The van der Waals surface area contributed by atoms with Crippen molar-refractivity contribution in [2.75, 3.05) is 18.5 Å². The molecule has 2 aromatic carbocycles. The lowest BCUT2D eigenvalue weighted by Gasteiger charge is -2.20. The fraction of sp³-hybridized carbons (Fsp3) is 0.400. The van der Waals surface area contributed by atoms with Crippen molar-refractivity contribution in [2.24, 2.45) is 0 Å². The van der Waals surface area contributed by atoms with Gasteiger partial charge in [0.1, 0.15) is 0 Å². The number of hydrogen-bond donors (Lipinski definition) is 2. The fourth-order valence-electron chi connectivity index (χ4n) is 3.16. The van der Waals surface area contributed by atoms with E-state index in [2.05, 4.69) is 52.1 Å². The highest BCUT2D eigenvalue weighted by Gasteiger charge is 2.09. The Morgan fingerprint density at radius 3 is 2.30 bits per heavy atom. The van der Waals surface area contributed by atoms with Crippen molar-refractivity contribution in [2.45, 2.75) is 38.8 Å². The summed E-state index contributed by atoms with van der Waals surface area (Å²) >= 11 is 0. The average molecular weight is 309 g/mol. The molecule has 2 aromatic rings. The molecule has 0 unspecified atom stereocenters. The standard InChI is InChI=1S/C20H27N3/c1-2-7-14-23(13-6-1)17-19-10-8-9-18(15-19)16-21-22-20-11-4-3-5-12-20/h3-5,8-12,15,21-22H,1-2,6-7,13-14,16-17H2. The van der Waals surface area contributed by atoms with E-state index in [0.717, 1.165) is 18.8 Å². The van der Waals surface area contributed by atoms with Crippen molar-refractivity contribution in [1.29, 1.82) is 0 Å². The zero-order valence-electron chi connectivity index (χ0n) is 13.8. The lowest BCUT2D eigenvalue weighted by Crippen LogP contribution is -2.24. The van der Waals surface area contributed by atoms with Crippen LogP contribution >= 0.6 is 0 Å². The maximum Gasteiger partial charge on any atom is 0.0487 e. The molecule has 0 bridgehead atoms. The van der Waals surface area contributed by atoms with Crippen LogP contribution in [0.1, 0.15) is 36.8 Å². The van der Waals surface area contributed by atoms with Crippen LogP contribution < -0.4 is 10.9 Å². The summed E-state index contributed by atoms with van der Waals surface area (Å²) in [6.07, 6.45) is 5.49. The molecule has 0 saturated carbocycles. The van der Waals surface area contributed by atoms with Crippen molar-refractivity contribution in [3.8, 4) is 0 Å². The predicted octanol–water partition coefficient (Wildman–Crippen LogP) is 4.18. The fourth-order valence-corrected chi connectivity index (χ4v) is 3.16. The number of likely N-dealkylation sites (tertiary alicyclic amines) is 1. The molecule has 3 rings (SSSR count). The van der Waals surface area contributed by atoms with Gasteiger partial charge in [0.2, 0.25) is 0 Å². The molecule has 3 heteroatoms. The highest BCUT2D eigenvalue weighted by molar-refractivity contribution is 5.41. The Morgan fingerprint density at radius 1 is 0.783 bits per heavy atom. The van der Waals surface area contributed by atoms with Gasteiger partial charge in [0.25, 0.3) is 0 Å². The first-order valence-corrected chi connectivity index (χ1v) is 8.74. The molecule has 0 atom stereocenters. The predicted molar refractivity (Wildman–Crippen MR) is 97.1 cm³/mol. The lowest BCUT2D eigenvalue weighted by atomic mass is 10.1. The van der Waals surface area contributed by atoms with E-state index in [1.807, 2.05) is 18.2 Å². The molecule has 1 saturated heterocycles. The van der Waals surface area contributed by atoms with E-state index in [-0.39, 0.29) is 0 Å². The normalized spacial score (nSPS) is 16.0. The Bertz CT molecular complexity index is 574. The number of anilines is 1. The van der Waals surface area contributed by atoms with Crippen LogP contribution in [0, 0.1) is 0 Å². The molecule has 1 aliphatic heterocycles. The third kappa shape index (κ3) is 5.38. The Kier molecular flexibility index (Phi) is 6.07. The minimum Gasteiger partial charge on any atom is -0.321 e. The van der Waals surface area contributed by atoms with Gasteiger partial charge in [0.15, 0.2) is 0 Å². The summed E-state index contributed by atoms with van der Waals surface area (Å²) < 4.78 is 0. The molecule has 0 aromatic heterocycles. The molecule has 1 fully saturated rings. The summed E-state index contributed by atoms with van der Waals surface area (Å²) in [4.78, 5) is 2.60. The maximum atomic E-state index is 3.30. The molecule has 2 N–H and O–H groups in total. The van der Waals surface area contributed by atoms with Gasteiger partial charge in [-0.25, -0.2) is 5.43 Å². The molecule has 0 aliphatic carbocycles. The van der Waals surface area contributed by atoms with Crippen LogP contribution in [0.2, 0.25) is 0 Å². The SMILES string of the molecule is c1ccc(NNCc2cccc(CN3CCCCCC3)c2)cc1. The number of rotatable bonds is 6. The highest BCUT2D eigenvalue weighted by Crippen LogP contribution is 2.14. The van der Waals surface area contributed by atoms with Crippen molar-refractivity contribution >= 4 is 5.69 Å². The number of para-hydroxylation sites is 1. The van der Waals surface area contributed by atoms with Crippen LogP contribution in [0.3, 0.4) is 0 Å². The molecule has 3 nitrogen and oxygen atoms in total. The third-order valence-electron chi connectivity index (χ3n) is 4.40. The van der Waals surface area contributed by atoms with Crippen LogP contribution in [0.4, 0.5) is 5.69 Å². The van der Waals surface area contributed by atoms with E-state index in [4.69, 9.17) is 0 Å². The Labute approximate surface area is 139 Å². The van der Waals surface area contributed by atoms with Crippen LogP contribution in [-0.4, -0.2) is 18.0 Å². The van der Waals surface area contributed by atoms with Crippen molar-refractivity contribution < 1.29 is 0 Å². The molecule has 1 aliphatic rings. The Hall–Kier alpha value is -1.84. The Balaban J connectivity index is 1.50. The lowest BCUT2D eigenvalue weighted by molar-refractivity contribution is 0.277. The summed E-state index contributed by atoms with van der Waals surface area (Å²) in [5.74, 6) is 0. The quantitative estimate of drug-likeness (QED) is 0.784. The second-order valence-corrected chi connectivity index (χ2v) is 6.35. The van der Waals surface area contributed by atoms with Crippen molar-refractivity contribution in [3.63, 3.8) is 0 Å². The van der Waals surface area contributed by atoms with E-state index < -0.39 is 0 Å². The first-order chi connectivity index (χ1) is 11.4. The zero-order valence-corrected chi connectivity index (χ0v) is 13.8. The summed E-state index contributed by atoms with van der Waals surface area (Å²) in [6.45, 7) is 4.40. The number of hydrazine groups is 1. The first kappa shape index (κ1) is 16.0. The number of benzene rings is 2. The minimum absolute atomic E-state index is 0.822. The molecule has 0 spiro atoms. The van der Waals surface area contributed by atoms with E-state index in [0.29, 0.717) is 0 Å². The second kappa shape index (κ2) is 8.70. The number of hydrogen-bond acceptors (Lipinski definition) is 3. The summed E-state index contributed by atoms with van der Waals surface area (Å²) in [7, 11) is 0. The molecule has 0 amide bonds. The van der Waals surface area contributed by atoms with E-state index >= 15 is 0 Å². The second-order valence-electron chi connectivity index (χ2n) is 6.35. The van der Waals surface area contributed by atoms with Crippen molar-refractivity contribution in [1.82, 2.24) is 10.3 Å². The topological polar surface area (TPSA) is 27.3 Å². The number of nitrogens with one attached hydrogen (secondary N) is 2. The van der Waals surface area contributed by atoms with Gasteiger partial charge < -0.3 is 5.43 Å². The molecular weight excluding hydrogens is 282 g/mol. The van der Waals surface area contributed by atoms with Gasteiger partial charge in [-0.05, 0) is 49.2 Å². The molecule has 0 radical (unpaired) electrons. The van der Waals surface area contributed by atoms with Gasteiger partial charge >= 0.3 is 0 Å². The van der Waals surface area contributed by atoms with E-state index in [9.17, 15) is 0 Å². The van der Waals surface area contributed by atoms with Gasteiger partial charge in [0.05, 0.1) is 0 Å². The van der Waals surface area contributed by atoms with Crippen LogP contribution in [0.15, 0.2) is 54.6 Å². The Morgan fingerprint density at radius 2 is 1.52 bits per heavy atom. The van der Waals surface area contributed by atoms with E-state index in [1.54, 1.807) is 0 Å². The highest BCUT2D eigenvalue weighted by atomic mass is 15.3. The van der Waals surface area contributed by atoms with E-state index in [1.165, 1.54) is 49.9 Å². The number of nitrogens with zero attached hydrogens (tertiary/aromatic N) is 1. The van der Waals surface area contributed by atoms with Crippen molar-refractivity contribution in [3.05, 3.63) is 65.7 Å².